The summed E-state index contributed by atoms with van der Waals surface area (Å²) in [5.41, 5.74) is 5.89. The molecule has 1 aliphatic heterocycles. The van der Waals surface area contributed by atoms with Crippen LogP contribution in [0.15, 0.2) is 0 Å². The van der Waals surface area contributed by atoms with Crippen LogP contribution in [0.2, 0.25) is 0 Å². The molecule has 106 valence electrons. The Morgan fingerprint density at radius 1 is 1.21 bits per heavy atom. The highest BCUT2D eigenvalue weighted by molar-refractivity contribution is 5.35. The average Bonchev–Trinajstić information content (AvgIpc) is 2.46. The van der Waals surface area contributed by atoms with Crippen LogP contribution in [-0.2, 0) is 0 Å². The standard InChI is InChI=1S/C12H21N5O2/c1-8-5-4-6-17(9(8)7-13)10-14-11(18-2)16-12(15-10)19-3/h8-9H,4-7,13H2,1-3H3. The van der Waals surface area contributed by atoms with Crippen LogP contribution in [0.5, 0.6) is 12.0 Å². The van der Waals surface area contributed by atoms with Gasteiger partial charge in [-0.15, -0.1) is 4.98 Å². The van der Waals surface area contributed by atoms with Crippen LogP contribution in [0, 0.1) is 5.92 Å². The third kappa shape index (κ3) is 2.86. The fraction of sp³-hybridized carbons (Fsp3) is 0.750. The van der Waals surface area contributed by atoms with Crippen molar-refractivity contribution in [3.8, 4) is 12.0 Å². The van der Waals surface area contributed by atoms with Gasteiger partial charge in [-0.05, 0) is 18.8 Å². The Morgan fingerprint density at radius 3 is 2.37 bits per heavy atom. The fourth-order valence-electron chi connectivity index (χ4n) is 2.50. The number of hydrogen-bond donors (Lipinski definition) is 1. The summed E-state index contributed by atoms with van der Waals surface area (Å²) in [6.07, 6.45) is 2.28. The number of nitrogens with two attached hydrogens (primary N) is 1. The zero-order valence-electron chi connectivity index (χ0n) is 11.7. The first-order valence-corrected chi connectivity index (χ1v) is 6.50. The zero-order chi connectivity index (χ0) is 13.8. The second kappa shape index (κ2) is 6.01. The van der Waals surface area contributed by atoms with E-state index in [0.29, 0.717) is 18.4 Å². The molecule has 0 aliphatic carbocycles. The van der Waals surface area contributed by atoms with E-state index < -0.39 is 0 Å². The van der Waals surface area contributed by atoms with Crippen molar-refractivity contribution in [3.05, 3.63) is 0 Å². The van der Waals surface area contributed by atoms with Gasteiger partial charge in [-0.25, -0.2) is 0 Å². The van der Waals surface area contributed by atoms with Crippen LogP contribution >= 0.6 is 0 Å². The minimum atomic E-state index is 0.241. The zero-order valence-corrected chi connectivity index (χ0v) is 11.7. The molecule has 1 aromatic heterocycles. The van der Waals surface area contributed by atoms with Crippen LogP contribution in [0.1, 0.15) is 19.8 Å². The number of ether oxygens (including phenoxy) is 2. The molecule has 0 bridgehead atoms. The summed E-state index contributed by atoms with van der Waals surface area (Å²) in [5, 5.41) is 0. The van der Waals surface area contributed by atoms with Crippen LogP contribution in [0.4, 0.5) is 5.95 Å². The van der Waals surface area contributed by atoms with Crippen LogP contribution in [0.3, 0.4) is 0 Å². The maximum Gasteiger partial charge on any atom is 0.324 e. The van der Waals surface area contributed by atoms with Gasteiger partial charge in [0.2, 0.25) is 5.95 Å². The Balaban J connectivity index is 2.33. The second-order valence-corrected chi connectivity index (χ2v) is 4.72. The molecule has 0 aromatic carbocycles. The van der Waals surface area contributed by atoms with Crippen molar-refractivity contribution in [3.63, 3.8) is 0 Å². The molecule has 2 atom stereocenters. The van der Waals surface area contributed by atoms with Gasteiger partial charge in [0.15, 0.2) is 0 Å². The van der Waals surface area contributed by atoms with Gasteiger partial charge in [0.25, 0.3) is 0 Å². The van der Waals surface area contributed by atoms with Crippen LogP contribution in [0.25, 0.3) is 0 Å². The number of anilines is 1. The van der Waals surface area contributed by atoms with Crippen molar-refractivity contribution in [1.29, 1.82) is 0 Å². The van der Waals surface area contributed by atoms with E-state index >= 15 is 0 Å². The summed E-state index contributed by atoms with van der Waals surface area (Å²) in [6.45, 7) is 3.68. The molecule has 1 aliphatic rings. The molecule has 19 heavy (non-hydrogen) atoms. The molecule has 1 fully saturated rings. The predicted octanol–water partition coefficient (Wildman–Crippen LogP) is 0.452. The largest absolute Gasteiger partial charge is 0.467 e. The minimum Gasteiger partial charge on any atom is -0.467 e. The van der Waals surface area contributed by atoms with Crippen molar-refractivity contribution in [1.82, 2.24) is 15.0 Å². The Labute approximate surface area is 113 Å². The van der Waals surface area contributed by atoms with Gasteiger partial charge in [0, 0.05) is 19.1 Å². The van der Waals surface area contributed by atoms with Gasteiger partial charge in [-0.2, -0.15) is 9.97 Å². The topological polar surface area (TPSA) is 86.4 Å². The lowest BCUT2D eigenvalue weighted by molar-refractivity contribution is 0.324. The highest BCUT2D eigenvalue weighted by atomic mass is 16.5. The molecule has 2 heterocycles. The molecule has 0 spiro atoms. The van der Waals surface area contributed by atoms with Crippen molar-refractivity contribution < 1.29 is 9.47 Å². The van der Waals surface area contributed by atoms with Crippen LogP contribution in [-0.4, -0.2) is 48.3 Å². The summed E-state index contributed by atoms with van der Waals surface area (Å²) in [6, 6.07) is 0.761. The first kappa shape index (κ1) is 13.8. The van der Waals surface area contributed by atoms with E-state index in [1.54, 1.807) is 0 Å². The van der Waals surface area contributed by atoms with E-state index in [0.717, 1.165) is 13.0 Å². The minimum absolute atomic E-state index is 0.241. The average molecular weight is 267 g/mol. The number of hydrogen-bond acceptors (Lipinski definition) is 7. The van der Waals surface area contributed by atoms with E-state index in [9.17, 15) is 0 Å². The highest BCUT2D eigenvalue weighted by Gasteiger charge is 2.30. The number of rotatable bonds is 4. The molecule has 0 saturated carbocycles. The number of nitrogens with zero attached hydrogens (tertiary/aromatic N) is 4. The number of aromatic nitrogens is 3. The maximum absolute atomic E-state index is 5.89. The summed E-state index contributed by atoms with van der Waals surface area (Å²) in [5.74, 6) is 1.10. The molecule has 1 aromatic rings. The normalized spacial score (nSPS) is 23.3. The molecule has 0 amide bonds. The summed E-state index contributed by atoms with van der Waals surface area (Å²) in [4.78, 5) is 14.7. The van der Waals surface area contributed by atoms with Crippen molar-refractivity contribution in [2.24, 2.45) is 11.7 Å². The van der Waals surface area contributed by atoms with Gasteiger partial charge in [-0.1, -0.05) is 6.92 Å². The SMILES string of the molecule is COc1nc(OC)nc(N2CCCC(C)C2CN)n1. The smallest absolute Gasteiger partial charge is 0.324 e. The summed E-state index contributed by atoms with van der Waals surface area (Å²) >= 11 is 0. The molecule has 2 unspecified atom stereocenters. The molecule has 0 radical (unpaired) electrons. The van der Waals surface area contributed by atoms with E-state index in [-0.39, 0.29) is 18.1 Å². The molecule has 1 saturated heterocycles. The maximum atomic E-state index is 5.89. The quantitative estimate of drug-likeness (QED) is 0.847. The molecule has 2 N–H and O–H groups in total. The van der Waals surface area contributed by atoms with Gasteiger partial charge in [0.1, 0.15) is 0 Å². The highest BCUT2D eigenvalue weighted by Crippen LogP contribution is 2.27. The second-order valence-electron chi connectivity index (χ2n) is 4.72. The molecule has 2 rings (SSSR count). The fourth-order valence-corrected chi connectivity index (χ4v) is 2.50. The molecule has 7 nitrogen and oxygen atoms in total. The number of methoxy groups -OCH3 is 2. The van der Waals surface area contributed by atoms with Gasteiger partial charge in [-0.3, -0.25) is 0 Å². The monoisotopic (exact) mass is 267 g/mol. The van der Waals surface area contributed by atoms with E-state index in [1.165, 1.54) is 20.6 Å². The van der Waals surface area contributed by atoms with E-state index in [1.807, 2.05) is 0 Å². The Hall–Kier alpha value is -1.63. The first-order chi connectivity index (χ1) is 9.19. The van der Waals surface area contributed by atoms with Gasteiger partial charge < -0.3 is 20.1 Å². The third-order valence-corrected chi connectivity index (χ3v) is 3.56. The Morgan fingerprint density at radius 2 is 1.84 bits per heavy atom. The van der Waals surface area contributed by atoms with Crippen molar-refractivity contribution >= 4 is 5.95 Å². The van der Waals surface area contributed by atoms with Crippen molar-refractivity contribution in [2.45, 2.75) is 25.8 Å². The Bertz CT molecular complexity index is 406. The number of piperidine rings is 1. The van der Waals surface area contributed by atoms with Gasteiger partial charge >= 0.3 is 12.0 Å². The lowest BCUT2D eigenvalue weighted by atomic mass is 9.91. The molecular weight excluding hydrogens is 246 g/mol. The third-order valence-electron chi connectivity index (χ3n) is 3.56. The first-order valence-electron chi connectivity index (χ1n) is 6.50. The lowest BCUT2D eigenvalue weighted by Gasteiger charge is -2.39. The summed E-state index contributed by atoms with van der Waals surface area (Å²) < 4.78 is 10.2. The lowest BCUT2D eigenvalue weighted by Crippen LogP contribution is -2.49. The Kier molecular flexibility index (Phi) is 4.36. The van der Waals surface area contributed by atoms with Gasteiger partial charge in [0.05, 0.1) is 14.2 Å². The van der Waals surface area contributed by atoms with E-state index in [2.05, 4.69) is 26.8 Å². The van der Waals surface area contributed by atoms with Crippen molar-refractivity contribution in [2.75, 3.05) is 32.2 Å². The molecular formula is C12H21N5O2. The predicted molar refractivity (Wildman–Crippen MR) is 71.5 cm³/mol. The molecule has 7 heteroatoms. The summed E-state index contributed by atoms with van der Waals surface area (Å²) in [7, 11) is 3.05. The van der Waals surface area contributed by atoms with Crippen LogP contribution < -0.4 is 20.1 Å². The van der Waals surface area contributed by atoms with E-state index in [4.69, 9.17) is 15.2 Å².